The highest BCUT2D eigenvalue weighted by Gasteiger charge is 2.18. The summed E-state index contributed by atoms with van der Waals surface area (Å²) in [5, 5.41) is 12.8. The number of hydrazine groups is 1. The number of hydrogen-bond acceptors (Lipinski definition) is 5. The van der Waals surface area contributed by atoms with E-state index in [1.807, 2.05) is 6.07 Å². The summed E-state index contributed by atoms with van der Waals surface area (Å²) in [7, 11) is 0. The topological polar surface area (TPSA) is 103 Å². The first-order valence-electron chi connectivity index (χ1n) is 8.30. The zero-order chi connectivity index (χ0) is 20.7. The molecule has 0 radical (unpaired) electrons. The van der Waals surface area contributed by atoms with Gasteiger partial charge in [-0.05, 0) is 31.2 Å². The minimum atomic E-state index is -0.886. The molecule has 0 saturated heterocycles. The lowest BCUT2D eigenvalue weighted by atomic mass is 10.1. The molecule has 2 amide bonds. The normalized spacial score (nSPS) is 11.2. The van der Waals surface area contributed by atoms with Crippen molar-refractivity contribution in [1.29, 1.82) is 5.26 Å². The molecule has 2 aromatic carbocycles. The number of halogens is 2. The molecule has 7 nitrogen and oxygen atoms in total. The van der Waals surface area contributed by atoms with Crippen LogP contribution >= 0.6 is 23.2 Å². The van der Waals surface area contributed by atoms with Crippen LogP contribution in [0.3, 0.4) is 0 Å². The third kappa shape index (κ3) is 5.60. The molecule has 3 N–H and O–H groups in total. The minimum Gasteiger partial charge on any atom is -0.493 e. The maximum absolute atomic E-state index is 12.6. The van der Waals surface area contributed by atoms with Gasteiger partial charge in [-0.1, -0.05) is 29.3 Å². The Hall–Kier alpha value is -2.79. The summed E-state index contributed by atoms with van der Waals surface area (Å²) in [6.45, 7) is 3.49. The Balaban J connectivity index is 2.17. The molecule has 28 heavy (non-hydrogen) atoms. The van der Waals surface area contributed by atoms with E-state index in [0.717, 1.165) is 0 Å². The van der Waals surface area contributed by atoms with Crippen molar-refractivity contribution >= 4 is 40.7 Å². The van der Waals surface area contributed by atoms with Crippen LogP contribution < -0.4 is 20.9 Å². The van der Waals surface area contributed by atoms with E-state index < -0.39 is 11.9 Å². The molecule has 1 unspecified atom stereocenters. The molecule has 146 valence electrons. The number of rotatable bonds is 7. The monoisotopic (exact) mass is 420 g/mol. The fourth-order valence-electron chi connectivity index (χ4n) is 2.39. The van der Waals surface area contributed by atoms with Crippen molar-refractivity contribution < 1.29 is 14.3 Å². The molecule has 0 saturated carbocycles. The highest BCUT2D eigenvalue weighted by atomic mass is 35.5. The van der Waals surface area contributed by atoms with Crippen LogP contribution in [0.25, 0.3) is 0 Å². The molecule has 0 heterocycles. The largest absolute Gasteiger partial charge is 0.493 e. The average Bonchev–Trinajstić information content (AvgIpc) is 2.63. The zero-order valence-corrected chi connectivity index (χ0v) is 16.7. The van der Waals surface area contributed by atoms with Gasteiger partial charge in [0.05, 0.1) is 18.2 Å². The first-order chi connectivity index (χ1) is 13.3. The van der Waals surface area contributed by atoms with Crippen LogP contribution in [-0.4, -0.2) is 18.4 Å². The molecule has 0 aliphatic rings. The fourth-order valence-corrected chi connectivity index (χ4v) is 2.90. The van der Waals surface area contributed by atoms with Gasteiger partial charge in [-0.25, -0.2) is 5.43 Å². The van der Waals surface area contributed by atoms with E-state index in [4.69, 9.17) is 27.9 Å². The first kappa shape index (κ1) is 21.5. The number of amides is 2. The molecule has 0 spiro atoms. The quantitative estimate of drug-likeness (QED) is 0.590. The van der Waals surface area contributed by atoms with E-state index in [9.17, 15) is 14.9 Å². The van der Waals surface area contributed by atoms with Crippen LogP contribution in [0, 0.1) is 11.3 Å². The summed E-state index contributed by atoms with van der Waals surface area (Å²) >= 11 is 12.0. The molecular weight excluding hydrogens is 403 g/mol. The average molecular weight is 421 g/mol. The number of carbonyl (C=O) groups is 2. The SMILES string of the molecule is CCOc1cc(NC(C)=O)ccc1C(=O)NNC(C#N)c1ccc(Cl)cc1Cl. The second-order valence-electron chi connectivity index (χ2n) is 5.65. The summed E-state index contributed by atoms with van der Waals surface area (Å²) < 4.78 is 5.49. The Morgan fingerprint density at radius 3 is 2.57 bits per heavy atom. The van der Waals surface area contributed by atoms with Gasteiger partial charge < -0.3 is 10.1 Å². The van der Waals surface area contributed by atoms with E-state index in [2.05, 4.69) is 16.2 Å². The molecule has 0 aliphatic carbocycles. The Morgan fingerprint density at radius 2 is 1.96 bits per heavy atom. The molecule has 0 fully saturated rings. The lowest BCUT2D eigenvalue weighted by Gasteiger charge is -2.16. The van der Waals surface area contributed by atoms with Gasteiger partial charge in [-0.3, -0.25) is 15.0 Å². The predicted octanol–water partition coefficient (Wildman–Crippen LogP) is 3.85. The van der Waals surface area contributed by atoms with Gasteiger partial charge in [0.1, 0.15) is 11.8 Å². The molecule has 0 bridgehead atoms. The maximum Gasteiger partial charge on any atom is 0.269 e. The lowest BCUT2D eigenvalue weighted by molar-refractivity contribution is -0.114. The molecule has 2 aromatic rings. The van der Waals surface area contributed by atoms with E-state index in [0.29, 0.717) is 33.7 Å². The molecular formula is C19H18Cl2N4O3. The number of nitrogens with zero attached hydrogens (tertiary/aromatic N) is 1. The number of carbonyl (C=O) groups excluding carboxylic acids is 2. The van der Waals surface area contributed by atoms with Gasteiger partial charge in [0, 0.05) is 34.3 Å². The highest BCUT2D eigenvalue weighted by molar-refractivity contribution is 6.35. The predicted molar refractivity (Wildman–Crippen MR) is 107 cm³/mol. The van der Waals surface area contributed by atoms with Crippen molar-refractivity contribution in [2.45, 2.75) is 19.9 Å². The third-order valence-electron chi connectivity index (χ3n) is 3.58. The van der Waals surface area contributed by atoms with Gasteiger partial charge in [0.25, 0.3) is 5.91 Å². The Morgan fingerprint density at radius 1 is 1.21 bits per heavy atom. The second kappa shape index (κ2) is 9.95. The second-order valence-corrected chi connectivity index (χ2v) is 6.50. The van der Waals surface area contributed by atoms with Crippen LogP contribution in [0.5, 0.6) is 5.75 Å². The number of anilines is 1. The van der Waals surface area contributed by atoms with Gasteiger partial charge in [0.2, 0.25) is 5.91 Å². The Labute approximate surface area is 172 Å². The number of benzene rings is 2. The number of ether oxygens (including phenoxy) is 1. The standard InChI is InChI=1S/C19H18Cl2N4O3/c1-3-28-18-9-13(23-11(2)26)5-7-15(18)19(27)25-24-17(10-22)14-6-4-12(20)8-16(14)21/h4-9,17,24H,3H2,1-2H3,(H,23,26)(H,25,27). The molecule has 0 aromatic heterocycles. The van der Waals surface area contributed by atoms with Crippen LogP contribution in [0.15, 0.2) is 36.4 Å². The lowest BCUT2D eigenvalue weighted by Crippen LogP contribution is -2.39. The molecule has 9 heteroatoms. The number of hydrogen-bond donors (Lipinski definition) is 3. The summed E-state index contributed by atoms with van der Waals surface area (Å²) in [6.07, 6.45) is 0. The zero-order valence-electron chi connectivity index (χ0n) is 15.2. The van der Waals surface area contributed by atoms with E-state index in [-0.39, 0.29) is 11.5 Å². The van der Waals surface area contributed by atoms with E-state index in [1.165, 1.54) is 19.1 Å². The van der Waals surface area contributed by atoms with Crippen molar-refractivity contribution in [3.05, 3.63) is 57.6 Å². The van der Waals surface area contributed by atoms with E-state index in [1.54, 1.807) is 31.2 Å². The highest BCUT2D eigenvalue weighted by Crippen LogP contribution is 2.26. The van der Waals surface area contributed by atoms with Crippen molar-refractivity contribution in [3.63, 3.8) is 0 Å². The van der Waals surface area contributed by atoms with Crippen molar-refractivity contribution in [2.24, 2.45) is 0 Å². The third-order valence-corrected chi connectivity index (χ3v) is 4.14. The molecule has 0 aliphatic heterocycles. The van der Waals surface area contributed by atoms with Crippen LogP contribution in [0.1, 0.15) is 35.8 Å². The summed E-state index contributed by atoms with van der Waals surface area (Å²) in [4.78, 5) is 23.8. The Kier molecular flexibility index (Phi) is 7.64. The van der Waals surface area contributed by atoms with Gasteiger partial charge in [-0.2, -0.15) is 5.26 Å². The van der Waals surface area contributed by atoms with Gasteiger partial charge in [-0.15, -0.1) is 0 Å². The smallest absolute Gasteiger partial charge is 0.269 e. The van der Waals surface area contributed by atoms with Gasteiger partial charge >= 0.3 is 0 Å². The summed E-state index contributed by atoms with van der Waals surface area (Å²) in [5.74, 6) is -0.452. The van der Waals surface area contributed by atoms with Crippen LogP contribution in [0.2, 0.25) is 10.0 Å². The van der Waals surface area contributed by atoms with Crippen LogP contribution in [-0.2, 0) is 4.79 Å². The number of nitrogens with one attached hydrogen (secondary N) is 3. The Bertz CT molecular complexity index is 928. The molecule has 1 atom stereocenters. The summed E-state index contributed by atoms with van der Waals surface area (Å²) in [5.41, 5.74) is 6.34. The van der Waals surface area contributed by atoms with Crippen molar-refractivity contribution in [1.82, 2.24) is 10.9 Å². The number of nitriles is 1. The van der Waals surface area contributed by atoms with Crippen molar-refractivity contribution in [3.8, 4) is 11.8 Å². The van der Waals surface area contributed by atoms with Crippen molar-refractivity contribution in [2.75, 3.05) is 11.9 Å². The van der Waals surface area contributed by atoms with Gasteiger partial charge in [0.15, 0.2) is 0 Å². The van der Waals surface area contributed by atoms with Crippen LogP contribution in [0.4, 0.5) is 5.69 Å². The summed E-state index contributed by atoms with van der Waals surface area (Å²) in [6, 6.07) is 10.5. The molecule has 2 rings (SSSR count). The van der Waals surface area contributed by atoms with E-state index >= 15 is 0 Å². The minimum absolute atomic E-state index is 0.238. The fraction of sp³-hybridized carbons (Fsp3) is 0.211. The first-order valence-corrected chi connectivity index (χ1v) is 9.06. The maximum atomic E-state index is 12.6.